The van der Waals surface area contributed by atoms with Crippen molar-refractivity contribution in [3.8, 4) is 17.1 Å². The van der Waals surface area contributed by atoms with Crippen molar-refractivity contribution < 1.29 is 13.9 Å². The van der Waals surface area contributed by atoms with Crippen molar-refractivity contribution in [1.82, 2.24) is 15.2 Å². The van der Waals surface area contributed by atoms with Crippen molar-refractivity contribution in [3.63, 3.8) is 0 Å². The Morgan fingerprint density at radius 3 is 2.88 bits per heavy atom. The van der Waals surface area contributed by atoms with E-state index in [0.717, 1.165) is 10.0 Å². The molecule has 0 fully saturated rings. The van der Waals surface area contributed by atoms with Gasteiger partial charge in [-0.05, 0) is 24.3 Å². The summed E-state index contributed by atoms with van der Waals surface area (Å²) in [5.74, 6) is 0.283. The fourth-order valence-corrected chi connectivity index (χ4v) is 3.34. The minimum absolute atomic E-state index is 0.0765. The fraction of sp³-hybridized carbons (Fsp3) is 0.118. The summed E-state index contributed by atoms with van der Waals surface area (Å²) >= 11 is 4.63. The standard InChI is InChI=1S/C17H13BrFN3O2S/c1-24-15-7-6-10(19)8-12(15)14(23)9-25-17-20-16(21-22-17)11-4-2-3-5-13(11)18/h2-8H,9H2,1H3,(H,20,21,22). The summed E-state index contributed by atoms with van der Waals surface area (Å²) in [6.07, 6.45) is 0. The Morgan fingerprint density at radius 2 is 2.12 bits per heavy atom. The van der Waals surface area contributed by atoms with Crippen LogP contribution < -0.4 is 4.74 Å². The van der Waals surface area contributed by atoms with E-state index in [-0.39, 0.29) is 17.1 Å². The Balaban J connectivity index is 1.72. The summed E-state index contributed by atoms with van der Waals surface area (Å²) in [6.45, 7) is 0. The average Bonchev–Trinajstić information content (AvgIpc) is 3.08. The number of thioether (sulfide) groups is 1. The van der Waals surface area contributed by atoms with Gasteiger partial charge in [-0.1, -0.05) is 45.9 Å². The predicted octanol–water partition coefficient (Wildman–Crippen LogP) is 4.36. The van der Waals surface area contributed by atoms with E-state index < -0.39 is 5.82 Å². The molecule has 0 aliphatic heterocycles. The van der Waals surface area contributed by atoms with E-state index in [1.165, 1.54) is 37.1 Å². The van der Waals surface area contributed by atoms with Crippen LogP contribution in [-0.4, -0.2) is 33.8 Å². The number of carbonyl (C=O) groups is 1. The van der Waals surface area contributed by atoms with E-state index in [4.69, 9.17) is 4.74 Å². The topological polar surface area (TPSA) is 67.9 Å². The Hall–Kier alpha value is -2.19. The van der Waals surface area contributed by atoms with Gasteiger partial charge in [-0.15, -0.1) is 5.10 Å². The van der Waals surface area contributed by atoms with Crippen molar-refractivity contribution in [1.29, 1.82) is 0 Å². The van der Waals surface area contributed by atoms with E-state index in [1.54, 1.807) is 0 Å². The first-order chi connectivity index (χ1) is 12.1. The third-order valence-corrected chi connectivity index (χ3v) is 4.93. The van der Waals surface area contributed by atoms with Gasteiger partial charge in [0.2, 0.25) is 5.16 Å². The molecule has 8 heteroatoms. The van der Waals surface area contributed by atoms with Crippen LogP contribution in [0.2, 0.25) is 0 Å². The Morgan fingerprint density at radius 1 is 1.32 bits per heavy atom. The molecule has 0 bridgehead atoms. The number of nitrogens with zero attached hydrogens (tertiary/aromatic N) is 2. The highest BCUT2D eigenvalue weighted by Gasteiger charge is 2.16. The number of hydrogen-bond donors (Lipinski definition) is 1. The third kappa shape index (κ3) is 4.08. The summed E-state index contributed by atoms with van der Waals surface area (Å²) in [6, 6.07) is 11.5. The van der Waals surface area contributed by atoms with Crippen LogP contribution in [0.4, 0.5) is 4.39 Å². The van der Waals surface area contributed by atoms with Gasteiger partial charge in [-0.2, -0.15) is 0 Å². The highest BCUT2D eigenvalue weighted by Crippen LogP contribution is 2.27. The van der Waals surface area contributed by atoms with Gasteiger partial charge in [0.25, 0.3) is 0 Å². The van der Waals surface area contributed by atoms with Crippen LogP contribution in [-0.2, 0) is 0 Å². The number of hydrogen-bond acceptors (Lipinski definition) is 5. The molecular weight excluding hydrogens is 409 g/mol. The lowest BCUT2D eigenvalue weighted by molar-refractivity contribution is 0.101. The normalized spacial score (nSPS) is 10.7. The molecule has 0 aliphatic carbocycles. The zero-order valence-electron chi connectivity index (χ0n) is 13.1. The van der Waals surface area contributed by atoms with E-state index in [0.29, 0.717) is 16.7 Å². The van der Waals surface area contributed by atoms with Gasteiger partial charge in [0.15, 0.2) is 11.6 Å². The van der Waals surface area contributed by atoms with Gasteiger partial charge in [0, 0.05) is 10.0 Å². The Labute approximate surface area is 156 Å². The predicted molar refractivity (Wildman–Crippen MR) is 97.5 cm³/mol. The second-order valence-electron chi connectivity index (χ2n) is 5.00. The Kier molecular flexibility index (Phi) is 5.50. The van der Waals surface area contributed by atoms with Crippen LogP contribution in [0.3, 0.4) is 0 Å². The maximum atomic E-state index is 13.4. The van der Waals surface area contributed by atoms with E-state index >= 15 is 0 Å². The molecule has 0 radical (unpaired) electrons. The number of aromatic nitrogens is 3. The van der Waals surface area contributed by atoms with Gasteiger partial charge in [0.05, 0.1) is 18.4 Å². The second kappa shape index (κ2) is 7.79. The molecule has 0 spiro atoms. The third-order valence-electron chi connectivity index (χ3n) is 3.39. The first-order valence-electron chi connectivity index (χ1n) is 7.25. The zero-order valence-corrected chi connectivity index (χ0v) is 15.5. The molecule has 3 rings (SSSR count). The smallest absolute Gasteiger partial charge is 0.209 e. The molecule has 1 heterocycles. The highest BCUT2D eigenvalue weighted by molar-refractivity contribution is 9.10. The summed E-state index contributed by atoms with van der Waals surface area (Å²) in [4.78, 5) is 16.7. The van der Waals surface area contributed by atoms with Crippen LogP contribution in [0, 0.1) is 5.82 Å². The summed E-state index contributed by atoms with van der Waals surface area (Å²) in [5.41, 5.74) is 1.08. The molecule has 0 saturated heterocycles. The van der Waals surface area contributed by atoms with Crippen molar-refractivity contribution in [2.45, 2.75) is 5.16 Å². The number of halogens is 2. The number of aromatic amines is 1. The van der Waals surface area contributed by atoms with E-state index in [2.05, 4.69) is 31.1 Å². The number of Topliss-reactive ketones (excluding diaryl/α,β-unsaturated/α-hetero) is 1. The number of carbonyl (C=O) groups excluding carboxylic acids is 1. The van der Waals surface area contributed by atoms with Crippen LogP contribution in [0.5, 0.6) is 5.75 Å². The molecule has 25 heavy (non-hydrogen) atoms. The molecule has 2 aromatic carbocycles. The Bertz CT molecular complexity index is 916. The minimum atomic E-state index is -0.483. The molecule has 0 aliphatic rings. The molecule has 0 unspecified atom stereocenters. The zero-order chi connectivity index (χ0) is 17.8. The molecule has 0 atom stereocenters. The van der Waals surface area contributed by atoms with Crippen LogP contribution in [0.1, 0.15) is 10.4 Å². The monoisotopic (exact) mass is 421 g/mol. The number of nitrogens with one attached hydrogen (secondary N) is 1. The van der Waals surface area contributed by atoms with Crippen molar-refractivity contribution >= 4 is 33.5 Å². The molecular formula is C17H13BrFN3O2S. The van der Waals surface area contributed by atoms with Gasteiger partial charge in [-0.25, -0.2) is 9.37 Å². The number of H-pyrrole nitrogens is 1. The summed E-state index contributed by atoms with van der Waals surface area (Å²) in [5, 5.41) is 7.40. The van der Waals surface area contributed by atoms with Gasteiger partial charge >= 0.3 is 0 Å². The highest BCUT2D eigenvalue weighted by atomic mass is 79.9. The van der Waals surface area contributed by atoms with E-state index in [1.807, 2.05) is 24.3 Å². The fourth-order valence-electron chi connectivity index (χ4n) is 2.19. The molecule has 0 saturated carbocycles. The quantitative estimate of drug-likeness (QED) is 0.473. The van der Waals surface area contributed by atoms with Gasteiger partial charge in [0.1, 0.15) is 11.6 Å². The maximum Gasteiger partial charge on any atom is 0.209 e. The first kappa shape index (κ1) is 17.6. The first-order valence-corrected chi connectivity index (χ1v) is 9.03. The second-order valence-corrected chi connectivity index (χ2v) is 6.80. The van der Waals surface area contributed by atoms with Crippen molar-refractivity contribution in [2.75, 3.05) is 12.9 Å². The SMILES string of the molecule is COc1ccc(F)cc1C(=O)CSc1n[nH]c(-c2ccccc2Br)n1. The number of ether oxygens (including phenoxy) is 1. The molecule has 0 amide bonds. The maximum absolute atomic E-state index is 13.4. The summed E-state index contributed by atoms with van der Waals surface area (Å²) in [7, 11) is 1.44. The lowest BCUT2D eigenvalue weighted by Gasteiger charge is -2.06. The number of benzene rings is 2. The number of rotatable bonds is 6. The van der Waals surface area contributed by atoms with Gasteiger partial charge in [-0.3, -0.25) is 9.89 Å². The molecule has 5 nitrogen and oxygen atoms in total. The average molecular weight is 422 g/mol. The largest absolute Gasteiger partial charge is 0.496 e. The number of ketones is 1. The van der Waals surface area contributed by atoms with Crippen LogP contribution in [0.25, 0.3) is 11.4 Å². The van der Waals surface area contributed by atoms with Crippen molar-refractivity contribution in [2.24, 2.45) is 0 Å². The lowest BCUT2D eigenvalue weighted by atomic mass is 10.1. The summed E-state index contributed by atoms with van der Waals surface area (Å²) < 4.78 is 19.4. The molecule has 1 N–H and O–H groups in total. The van der Waals surface area contributed by atoms with Crippen molar-refractivity contribution in [3.05, 3.63) is 58.3 Å². The molecule has 1 aromatic heterocycles. The molecule has 3 aromatic rings. The molecule has 128 valence electrons. The van der Waals surface area contributed by atoms with E-state index in [9.17, 15) is 9.18 Å². The van der Waals surface area contributed by atoms with Gasteiger partial charge < -0.3 is 4.74 Å². The minimum Gasteiger partial charge on any atom is -0.496 e. The van der Waals surface area contributed by atoms with Crippen LogP contribution >= 0.6 is 27.7 Å². The lowest BCUT2D eigenvalue weighted by Crippen LogP contribution is -2.05. The number of methoxy groups -OCH3 is 1. The van der Waals surface area contributed by atoms with Crippen LogP contribution in [0.15, 0.2) is 52.1 Å².